The van der Waals surface area contributed by atoms with Crippen LogP contribution < -0.4 is 4.74 Å². The molecule has 20 heavy (non-hydrogen) atoms. The molecule has 6 nitrogen and oxygen atoms in total. The van der Waals surface area contributed by atoms with Crippen molar-refractivity contribution in [2.45, 2.75) is 6.61 Å². The van der Waals surface area contributed by atoms with E-state index in [2.05, 4.69) is 0 Å². The summed E-state index contributed by atoms with van der Waals surface area (Å²) < 4.78 is 5.51. The number of aldehydes is 1. The summed E-state index contributed by atoms with van der Waals surface area (Å²) >= 11 is 0. The normalized spacial score (nSPS) is 10.1. The molecule has 2 aromatic rings. The molecule has 0 aliphatic carbocycles. The molecule has 0 atom stereocenters. The van der Waals surface area contributed by atoms with Crippen LogP contribution in [0.3, 0.4) is 0 Å². The molecule has 0 spiro atoms. The van der Waals surface area contributed by atoms with E-state index in [9.17, 15) is 14.9 Å². The van der Waals surface area contributed by atoms with Gasteiger partial charge in [-0.15, -0.1) is 0 Å². The van der Waals surface area contributed by atoms with Crippen molar-refractivity contribution in [2.75, 3.05) is 0 Å². The molecule has 0 aromatic heterocycles. The summed E-state index contributed by atoms with van der Waals surface area (Å²) in [5.74, 6) is 0.661. The van der Waals surface area contributed by atoms with E-state index in [1.165, 1.54) is 12.1 Å². The van der Waals surface area contributed by atoms with Crippen molar-refractivity contribution in [1.29, 1.82) is 0 Å². The minimum Gasteiger partial charge on any atom is -0.457 e. The number of benzene rings is 2. The number of non-ortho nitro benzene ring substituents is 1. The first-order valence-corrected chi connectivity index (χ1v) is 5.75. The lowest BCUT2D eigenvalue weighted by Crippen LogP contribution is -1.94. The molecule has 102 valence electrons. The molecule has 0 radical (unpaired) electrons. The highest BCUT2D eigenvalue weighted by Crippen LogP contribution is 2.28. The van der Waals surface area contributed by atoms with Gasteiger partial charge in [-0.2, -0.15) is 0 Å². The van der Waals surface area contributed by atoms with Gasteiger partial charge in [-0.25, -0.2) is 0 Å². The maximum atomic E-state index is 11.0. The zero-order valence-electron chi connectivity index (χ0n) is 10.4. The molecule has 2 aromatic carbocycles. The first-order chi connectivity index (χ1) is 9.63. The lowest BCUT2D eigenvalue weighted by molar-refractivity contribution is -0.384. The molecular weight excluding hydrogens is 262 g/mol. The van der Waals surface area contributed by atoms with Gasteiger partial charge in [-0.05, 0) is 23.8 Å². The number of rotatable bonds is 5. The number of aliphatic hydroxyl groups is 1. The third kappa shape index (κ3) is 2.99. The molecule has 1 N–H and O–H groups in total. The SMILES string of the molecule is O=Cc1cc([N+](=O)[O-])ccc1Oc1cccc(CO)c1. The summed E-state index contributed by atoms with van der Waals surface area (Å²) in [5, 5.41) is 19.7. The number of nitro benzene ring substituents is 1. The van der Waals surface area contributed by atoms with Crippen molar-refractivity contribution in [3.05, 3.63) is 63.7 Å². The van der Waals surface area contributed by atoms with Crippen molar-refractivity contribution in [3.63, 3.8) is 0 Å². The smallest absolute Gasteiger partial charge is 0.270 e. The average molecular weight is 273 g/mol. The lowest BCUT2D eigenvalue weighted by Gasteiger charge is -2.08. The summed E-state index contributed by atoms with van der Waals surface area (Å²) in [6, 6.07) is 10.5. The number of aliphatic hydroxyl groups excluding tert-OH is 1. The number of carbonyl (C=O) groups is 1. The minimum absolute atomic E-state index is 0.0913. The Morgan fingerprint density at radius 3 is 2.70 bits per heavy atom. The topological polar surface area (TPSA) is 89.7 Å². The Bertz CT molecular complexity index is 654. The highest BCUT2D eigenvalue weighted by Gasteiger charge is 2.12. The fraction of sp³-hybridized carbons (Fsp3) is 0.0714. The maximum Gasteiger partial charge on any atom is 0.270 e. The van der Waals surface area contributed by atoms with Gasteiger partial charge >= 0.3 is 0 Å². The summed E-state index contributed by atoms with van der Waals surface area (Å²) in [7, 11) is 0. The van der Waals surface area contributed by atoms with E-state index in [1.807, 2.05) is 0 Å². The third-order valence-electron chi connectivity index (χ3n) is 2.64. The largest absolute Gasteiger partial charge is 0.457 e. The Balaban J connectivity index is 2.32. The number of nitro groups is 1. The number of carbonyl (C=O) groups excluding carboxylic acids is 1. The molecule has 0 saturated carbocycles. The van der Waals surface area contributed by atoms with Gasteiger partial charge in [0.1, 0.15) is 11.5 Å². The molecule has 0 unspecified atom stereocenters. The van der Waals surface area contributed by atoms with Gasteiger partial charge in [0.25, 0.3) is 5.69 Å². The van der Waals surface area contributed by atoms with Crippen LogP contribution in [0.2, 0.25) is 0 Å². The molecule has 0 heterocycles. The van der Waals surface area contributed by atoms with Crippen LogP contribution in [0.15, 0.2) is 42.5 Å². The molecule has 6 heteroatoms. The van der Waals surface area contributed by atoms with Gasteiger partial charge in [-0.3, -0.25) is 14.9 Å². The first-order valence-electron chi connectivity index (χ1n) is 5.75. The van der Waals surface area contributed by atoms with Gasteiger partial charge in [0.2, 0.25) is 0 Å². The predicted octanol–water partition coefficient (Wildman–Crippen LogP) is 2.69. The van der Waals surface area contributed by atoms with Crippen LogP contribution in [0.1, 0.15) is 15.9 Å². The van der Waals surface area contributed by atoms with Gasteiger partial charge in [-0.1, -0.05) is 12.1 Å². The molecule has 0 amide bonds. The Hall–Kier alpha value is -2.73. The van der Waals surface area contributed by atoms with Crippen molar-refractivity contribution in [1.82, 2.24) is 0 Å². The number of hydrogen-bond acceptors (Lipinski definition) is 5. The van der Waals surface area contributed by atoms with E-state index in [0.29, 0.717) is 17.6 Å². The van der Waals surface area contributed by atoms with Gasteiger partial charge in [0.05, 0.1) is 17.1 Å². The van der Waals surface area contributed by atoms with E-state index in [1.54, 1.807) is 24.3 Å². The number of nitrogens with zero attached hydrogens (tertiary/aromatic N) is 1. The van der Waals surface area contributed by atoms with E-state index in [4.69, 9.17) is 9.84 Å². The summed E-state index contributed by atoms with van der Waals surface area (Å²) in [6.07, 6.45) is 0.498. The van der Waals surface area contributed by atoms with Crippen molar-refractivity contribution < 1.29 is 19.6 Å². The summed E-state index contributed by atoms with van der Waals surface area (Å²) in [5.41, 5.74) is 0.578. The van der Waals surface area contributed by atoms with Crippen LogP contribution in [-0.4, -0.2) is 16.3 Å². The fourth-order valence-electron chi connectivity index (χ4n) is 1.67. The van der Waals surface area contributed by atoms with Crippen LogP contribution in [0, 0.1) is 10.1 Å². The second-order valence-corrected chi connectivity index (χ2v) is 4.00. The molecule has 2 rings (SSSR count). The standard InChI is InChI=1S/C14H11NO5/c16-8-10-2-1-3-13(6-10)20-14-5-4-12(15(18)19)7-11(14)9-17/h1-7,9,16H,8H2. The quantitative estimate of drug-likeness (QED) is 0.514. The van der Waals surface area contributed by atoms with E-state index >= 15 is 0 Å². The minimum atomic E-state index is -0.580. The van der Waals surface area contributed by atoms with E-state index in [0.717, 1.165) is 6.07 Å². The Morgan fingerprint density at radius 2 is 2.05 bits per heavy atom. The molecule has 0 aliphatic heterocycles. The molecule has 0 bridgehead atoms. The van der Waals surface area contributed by atoms with Crippen molar-refractivity contribution >= 4 is 12.0 Å². The second-order valence-electron chi connectivity index (χ2n) is 4.00. The molecular formula is C14H11NO5. The Morgan fingerprint density at radius 1 is 1.25 bits per heavy atom. The summed E-state index contributed by atoms with van der Waals surface area (Å²) in [6.45, 7) is -0.127. The number of hydrogen-bond donors (Lipinski definition) is 1. The third-order valence-corrected chi connectivity index (χ3v) is 2.64. The van der Waals surface area contributed by atoms with Crippen LogP contribution >= 0.6 is 0 Å². The predicted molar refractivity (Wildman–Crippen MR) is 70.9 cm³/mol. The van der Waals surface area contributed by atoms with Crippen LogP contribution in [-0.2, 0) is 6.61 Å². The Kier molecular flexibility index (Phi) is 4.07. The lowest BCUT2D eigenvalue weighted by atomic mass is 10.2. The molecule has 0 aliphatic rings. The number of ether oxygens (including phenoxy) is 1. The van der Waals surface area contributed by atoms with Crippen LogP contribution in [0.4, 0.5) is 5.69 Å². The first kappa shape index (κ1) is 13.7. The summed E-state index contributed by atoms with van der Waals surface area (Å²) in [4.78, 5) is 21.0. The fourth-order valence-corrected chi connectivity index (χ4v) is 1.67. The Labute approximate surface area is 114 Å². The maximum absolute atomic E-state index is 11.0. The zero-order valence-corrected chi connectivity index (χ0v) is 10.4. The van der Waals surface area contributed by atoms with Crippen LogP contribution in [0.25, 0.3) is 0 Å². The highest BCUT2D eigenvalue weighted by atomic mass is 16.6. The zero-order chi connectivity index (χ0) is 14.5. The monoisotopic (exact) mass is 273 g/mol. The average Bonchev–Trinajstić information content (AvgIpc) is 2.47. The molecule has 0 saturated heterocycles. The van der Waals surface area contributed by atoms with Gasteiger partial charge < -0.3 is 9.84 Å². The van der Waals surface area contributed by atoms with Gasteiger partial charge in [0.15, 0.2) is 6.29 Å². The van der Waals surface area contributed by atoms with Crippen molar-refractivity contribution in [2.24, 2.45) is 0 Å². The van der Waals surface area contributed by atoms with E-state index < -0.39 is 4.92 Å². The van der Waals surface area contributed by atoms with Crippen LogP contribution in [0.5, 0.6) is 11.5 Å². The van der Waals surface area contributed by atoms with E-state index in [-0.39, 0.29) is 23.6 Å². The highest BCUT2D eigenvalue weighted by molar-refractivity contribution is 5.80. The van der Waals surface area contributed by atoms with Gasteiger partial charge in [0, 0.05) is 12.1 Å². The molecule has 0 fully saturated rings. The van der Waals surface area contributed by atoms with Crippen molar-refractivity contribution in [3.8, 4) is 11.5 Å². The second kappa shape index (κ2) is 5.94.